The maximum Gasteiger partial charge on any atom is 0.402 e. The predicted molar refractivity (Wildman–Crippen MR) is 404 cm³/mol. The van der Waals surface area contributed by atoms with Crippen LogP contribution in [0.4, 0.5) is 0 Å². The summed E-state index contributed by atoms with van der Waals surface area (Å²) in [4.78, 5) is 39.7. The van der Waals surface area contributed by atoms with Crippen LogP contribution in [-0.2, 0) is 61.8 Å². The molecule has 6 fully saturated rings. The maximum atomic E-state index is 13.6. The predicted octanol–water partition coefficient (Wildman–Crippen LogP) is -6.57. The highest BCUT2D eigenvalue weighted by Gasteiger charge is 2.55. The highest BCUT2D eigenvalue weighted by molar-refractivity contribution is 5.90. The van der Waals surface area contributed by atoms with E-state index in [1.807, 2.05) is 0 Å². The molecule has 0 unspecified atom stereocenters. The molecule has 30 atom stereocenters. The van der Waals surface area contributed by atoms with Crippen molar-refractivity contribution in [2.24, 2.45) is 0 Å². The van der Waals surface area contributed by atoms with E-state index in [2.05, 4.69) is 0 Å². The van der Waals surface area contributed by atoms with Gasteiger partial charge in [-0.1, -0.05) is 18.2 Å². The van der Waals surface area contributed by atoms with E-state index in [1.54, 1.807) is 0 Å². The lowest BCUT2D eigenvalue weighted by Crippen LogP contribution is -2.65. The summed E-state index contributed by atoms with van der Waals surface area (Å²) in [6.07, 6.45) is -50.4. The lowest BCUT2D eigenvalue weighted by molar-refractivity contribution is -0.358. The Morgan fingerprint density at radius 1 is 0.339 bits per heavy atom. The smallest absolute Gasteiger partial charge is 0.402 e. The lowest BCUT2D eigenvalue weighted by Gasteiger charge is -2.45. The number of carbonyl (C=O) groups is 3. The average molecular weight is 1760 g/mol. The van der Waals surface area contributed by atoms with Crippen molar-refractivity contribution in [3.63, 3.8) is 0 Å². The van der Waals surface area contributed by atoms with Crippen LogP contribution in [-0.4, -0.2) is 377 Å². The minimum absolute atomic E-state index is 0.00280. The summed E-state index contributed by atoms with van der Waals surface area (Å²) in [6.45, 7) is -5.06. The number of esters is 3. The standard InChI is InChI=1S/C79H90O45/c1-108-44-19-32(8-9-35(44)84)72-45(22-34-42(112-72)20-33(83)21-43(34)116-77-69(105)63(99)57(93)48(25-82)120-77)117-79-73(124-78-71(107)65(101)59(95)50(122-78)27-110-53(89)14-6-30-3-11-40(37(86)17-30)114-75-68(104)62(98)56(92)47(24-81)119-75)66(102)60(96)51(123-79)28-111-54(90)15-7-31-4-12-41(38(87)18-31)115-76-70(106)64(100)58(94)49(121-76)26-109-52(88)13-5-29-2-10-39(36(85)16-29)113-74-67(103)61(97)55(91)46(23-80)118-74/h2-22,46-51,55-71,73-82,91-107H,23-28H2,1H3,(H4-,83,84,85,86,87)/p+1/b13-5-,14-6+,15-7+/t46-,47-,48-,49-,50+,51+,55-,56-,57-,58-,59+,60+,61+,62+,63+,64+,65-,66-,67-,68-,69-,70-,71+,73+,74-,75-,76-,77-,78-,79+/m1/s1. The SMILES string of the molecule is COc1cc(-c2[o+]c3cc(O)cc(O[C@@H]4O[C@H](CO)[C@@H](O)[C@H](O)[C@H]4O)c3cc2O[C@H]2O[C@@H](COC(=O)/C=C/c3ccc(O[C@@H]4O[C@H](COC(=O)/C=C\c5ccc(O[C@@H]6O[C@H](CO)[C@@H](O)[C@H](O)[C@H]6O)c(O)c5)[C@@H](O)[C@H](O)[C@H]4O)c(O)c3)[C@H](O)[C@@H](O)[C@@H]2O[C@H]2O[C@@H](COC(=O)/C=C/c3ccc(O[C@@H]4O[C@H](CO)[C@@H](O)[C@H](O)[C@H]4O)c(O)c3)[C@H](O)[C@@H](O)[C@@H]2O)ccc1O. The third-order valence-electron chi connectivity index (χ3n) is 20.6. The molecule has 12 rings (SSSR count). The first kappa shape index (κ1) is 93.0. The first-order valence-electron chi connectivity index (χ1n) is 37.9. The molecule has 0 spiro atoms. The highest BCUT2D eigenvalue weighted by Crippen LogP contribution is 2.45. The monoisotopic (exact) mass is 1760 g/mol. The fourth-order valence-corrected chi connectivity index (χ4v) is 13.6. The average Bonchev–Trinajstić information content (AvgIpc) is 0.759. The van der Waals surface area contributed by atoms with Crippen LogP contribution >= 0.6 is 0 Å². The fraction of sp³-hybridized carbons (Fsp3) is 0.468. The van der Waals surface area contributed by atoms with Gasteiger partial charge in [-0.3, -0.25) is 0 Å². The van der Waals surface area contributed by atoms with Gasteiger partial charge in [0, 0.05) is 36.4 Å². The second kappa shape index (κ2) is 40.4. The molecule has 0 radical (unpaired) electrons. The molecule has 6 aromatic rings. The molecule has 0 bridgehead atoms. The number of aliphatic hydroxyl groups excluding tert-OH is 20. The van der Waals surface area contributed by atoms with Gasteiger partial charge < -0.3 is 203 Å². The molecule has 6 saturated heterocycles. The number of ether oxygens (including phenoxy) is 16. The molecule has 5 aromatic carbocycles. The summed E-state index contributed by atoms with van der Waals surface area (Å²) in [5, 5.41) is 267. The zero-order chi connectivity index (χ0) is 89.6. The Bertz CT molecular complexity index is 4750. The summed E-state index contributed by atoms with van der Waals surface area (Å²) in [7, 11) is 1.20. The second-order valence-corrected chi connectivity index (χ2v) is 29.1. The molecule has 0 amide bonds. The van der Waals surface area contributed by atoms with Crippen LogP contribution in [0.2, 0.25) is 0 Å². The van der Waals surface area contributed by atoms with Crippen molar-refractivity contribution in [3.8, 4) is 74.6 Å². The number of benzene rings is 5. The number of aliphatic hydroxyl groups is 20. The van der Waals surface area contributed by atoms with Crippen molar-refractivity contribution >= 4 is 47.1 Å². The minimum Gasteiger partial charge on any atom is -0.507 e. The first-order chi connectivity index (χ1) is 59.1. The van der Waals surface area contributed by atoms with E-state index < -0.39 is 288 Å². The number of phenols is 5. The van der Waals surface area contributed by atoms with Crippen LogP contribution < -0.4 is 28.4 Å². The van der Waals surface area contributed by atoms with E-state index >= 15 is 0 Å². The van der Waals surface area contributed by atoms with Gasteiger partial charge in [0.2, 0.25) is 37.2 Å². The number of fused-ring (bicyclic) bond motifs is 1. The molecule has 0 saturated carbocycles. The van der Waals surface area contributed by atoms with Gasteiger partial charge in [0.15, 0.2) is 58.4 Å². The fourth-order valence-electron chi connectivity index (χ4n) is 13.6. The number of methoxy groups -OCH3 is 1. The summed E-state index contributed by atoms with van der Waals surface area (Å²) < 4.78 is 96.9. The zero-order valence-electron chi connectivity index (χ0n) is 64.5. The van der Waals surface area contributed by atoms with E-state index in [0.29, 0.717) is 0 Å². The van der Waals surface area contributed by atoms with Gasteiger partial charge in [0.05, 0.1) is 38.6 Å². The van der Waals surface area contributed by atoms with Crippen LogP contribution in [0.15, 0.2) is 114 Å². The van der Waals surface area contributed by atoms with E-state index in [1.165, 1.54) is 61.7 Å². The molecular weight excluding hydrogens is 1670 g/mol. The Labute approximate surface area is 698 Å². The van der Waals surface area contributed by atoms with Crippen LogP contribution in [0, 0.1) is 0 Å². The number of phenolic OH excluding ortho intramolecular Hbond substituents is 5. The number of hydrogen-bond donors (Lipinski definition) is 25. The van der Waals surface area contributed by atoms with Crippen LogP contribution in [0.25, 0.3) is 40.5 Å². The summed E-state index contributed by atoms with van der Waals surface area (Å²) >= 11 is 0. The van der Waals surface area contributed by atoms with Crippen molar-refractivity contribution in [1.29, 1.82) is 0 Å². The zero-order valence-corrected chi connectivity index (χ0v) is 64.5. The van der Waals surface area contributed by atoms with Gasteiger partial charge >= 0.3 is 29.3 Å². The molecule has 7 heterocycles. The Morgan fingerprint density at radius 3 is 1.06 bits per heavy atom. The van der Waals surface area contributed by atoms with Crippen molar-refractivity contribution < 1.29 is 222 Å². The van der Waals surface area contributed by atoms with Gasteiger partial charge in [-0.15, -0.1) is 0 Å². The molecule has 0 aliphatic carbocycles. The Kier molecular flexibility index (Phi) is 30.3. The summed E-state index contributed by atoms with van der Waals surface area (Å²) in [6, 6.07) is 17.6. The first-order valence-corrected chi connectivity index (χ1v) is 37.9. The maximum absolute atomic E-state index is 13.6. The number of carbonyl (C=O) groups excluding carboxylic acids is 3. The molecule has 45 heteroatoms. The number of hydrogen-bond acceptors (Lipinski definition) is 44. The van der Waals surface area contributed by atoms with Crippen molar-refractivity contribution in [3.05, 3.63) is 126 Å². The molecule has 6 aliphatic heterocycles. The molecular formula is C79H91O45+. The van der Waals surface area contributed by atoms with Gasteiger partial charge in [0.1, 0.15) is 177 Å². The van der Waals surface area contributed by atoms with Crippen molar-refractivity contribution in [2.75, 3.05) is 46.8 Å². The van der Waals surface area contributed by atoms with Crippen LogP contribution in [0.1, 0.15) is 16.7 Å². The van der Waals surface area contributed by atoms with Crippen LogP contribution in [0.5, 0.6) is 63.2 Å². The molecule has 1 aromatic heterocycles. The van der Waals surface area contributed by atoms with Gasteiger partial charge in [-0.2, -0.15) is 0 Å². The van der Waals surface area contributed by atoms with Gasteiger partial charge in [-0.05, 0) is 83.4 Å². The third kappa shape index (κ3) is 21.0. The molecule has 25 N–H and O–H groups in total. The highest BCUT2D eigenvalue weighted by atomic mass is 16.8. The minimum atomic E-state index is -2.32. The molecule has 6 aliphatic rings. The van der Waals surface area contributed by atoms with E-state index in [0.717, 1.165) is 72.8 Å². The Morgan fingerprint density at radius 2 is 0.677 bits per heavy atom. The van der Waals surface area contributed by atoms with Crippen molar-refractivity contribution in [2.45, 2.75) is 184 Å². The van der Waals surface area contributed by atoms with Gasteiger partial charge in [0.25, 0.3) is 0 Å². The Hall–Kier alpha value is -10.1. The van der Waals surface area contributed by atoms with E-state index in [4.69, 9.17) is 80.2 Å². The van der Waals surface area contributed by atoms with E-state index in [9.17, 15) is 142 Å². The van der Waals surface area contributed by atoms with Gasteiger partial charge in [-0.25, -0.2) is 18.8 Å². The molecule has 676 valence electrons. The Balaban J connectivity index is 0.738. The van der Waals surface area contributed by atoms with Crippen molar-refractivity contribution in [1.82, 2.24) is 0 Å². The normalized spacial score (nSPS) is 34.0. The second-order valence-electron chi connectivity index (χ2n) is 29.1. The molecule has 124 heavy (non-hydrogen) atoms. The lowest BCUT2D eigenvalue weighted by atomic mass is 9.97. The van der Waals surface area contributed by atoms with Crippen LogP contribution in [0.3, 0.4) is 0 Å². The topological polar surface area (TPSA) is 716 Å². The summed E-state index contributed by atoms with van der Waals surface area (Å²) in [5.41, 5.74) is 0.109. The van der Waals surface area contributed by atoms with E-state index in [-0.39, 0.29) is 56.2 Å². The quantitative estimate of drug-likeness (QED) is 0.00898. The molecule has 45 nitrogen and oxygen atoms in total. The largest absolute Gasteiger partial charge is 0.507 e. The number of rotatable bonds is 29. The number of aromatic hydroxyl groups is 5. The third-order valence-corrected chi connectivity index (χ3v) is 20.6. The summed E-state index contributed by atoms with van der Waals surface area (Å²) in [5.74, 6) is -8.52.